The largest absolute Gasteiger partial charge is 5.00 e. The fourth-order valence-electron chi connectivity index (χ4n) is 0. The molecule has 0 rings (SSSR count). The topological polar surface area (TPSA) is 0 Å². The van der Waals surface area contributed by atoms with Crippen LogP contribution in [-0.4, -0.2) is 88.0 Å². The smallest absolute Gasteiger partial charge is 5.00 e. The van der Waals surface area contributed by atoms with Crippen molar-refractivity contribution in [1.29, 1.82) is 0 Å². The molecule has 0 aromatic rings. The number of hydrogen-bond donors (Lipinski definition) is 0. The van der Waals surface area contributed by atoms with Crippen LogP contribution in [0.25, 0.3) is 0 Å². The third-order valence-electron chi connectivity index (χ3n) is 0. The van der Waals surface area contributed by atoms with E-state index in [0.29, 0.717) is 0 Å². The molecule has 0 N–H and O–H groups in total. The molecule has 0 amide bonds. The minimum absolute atomic E-state index is 0. The SMILES string of the molecule is [GeH3-].[GeH3-].[GeH3-].[GeH3-].[GeH3-].[Nb+5]. The molecule has 0 aromatic heterocycles. The molecule has 0 unspecified atom stereocenters. The average molecular weight is 471 g/mol. The minimum Gasteiger partial charge on any atom is 5.00 e. The standard InChI is InChI=1S/5GeH3.Nb/h5*1H3;/q5*-1;+5. The molecule has 6 heavy (non-hydrogen) atoms. The molecule has 0 aliphatic heterocycles. The van der Waals surface area contributed by atoms with Crippen LogP contribution in [0, 0.1) is 0 Å². The van der Waals surface area contributed by atoms with Crippen LogP contribution < -0.4 is 0 Å². The van der Waals surface area contributed by atoms with Crippen molar-refractivity contribution < 1.29 is 22.4 Å². The monoisotopic (exact) mass is 478 g/mol. The Labute approximate surface area is 108 Å². The van der Waals surface area contributed by atoms with Gasteiger partial charge in [0.25, 0.3) is 0 Å². The Hall–Kier alpha value is 3.45. The van der Waals surface area contributed by atoms with Crippen LogP contribution in [0.15, 0.2) is 0 Å². The molecule has 0 bridgehead atoms. The molecular formula is H15Ge5Nb. The zero-order valence-corrected chi connectivity index (χ0v) is 28.6. The Balaban J connectivity index is 0. The van der Waals surface area contributed by atoms with E-state index in [1.807, 2.05) is 0 Å². The van der Waals surface area contributed by atoms with Gasteiger partial charge in [0, 0.05) is 0 Å². The van der Waals surface area contributed by atoms with Crippen molar-refractivity contribution >= 4 is 88.0 Å². The maximum Gasteiger partial charge on any atom is 5.00 e. The van der Waals surface area contributed by atoms with Crippen LogP contribution in [0.1, 0.15) is 0 Å². The van der Waals surface area contributed by atoms with Crippen molar-refractivity contribution in [2.24, 2.45) is 0 Å². The van der Waals surface area contributed by atoms with Gasteiger partial charge in [-0.2, -0.15) is 0 Å². The molecule has 0 heterocycles. The summed E-state index contributed by atoms with van der Waals surface area (Å²) >= 11 is 0. The maximum atomic E-state index is 0. The molecular weight excluding hydrogens is 456 g/mol. The first-order valence-electron chi connectivity index (χ1n) is 0. The van der Waals surface area contributed by atoms with Crippen molar-refractivity contribution in [2.45, 2.75) is 0 Å². The first-order chi connectivity index (χ1) is 0. The van der Waals surface area contributed by atoms with E-state index >= 15 is 0 Å². The quantitative estimate of drug-likeness (QED) is 0.309. The second-order valence-electron chi connectivity index (χ2n) is 0. The summed E-state index contributed by atoms with van der Waals surface area (Å²) in [5.74, 6) is 0. The van der Waals surface area contributed by atoms with Crippen molar-refractivity contribution in [3.05, 3.63) is 0 Å². The van der Waals surface area contributed by atoms with Crippen LogP contribution in [0.3, 0.4) is 0 Å². The Kier molecular flexibility index (Phi) is 372. The van der Waals surface area contributed by atoms with Crippen LogP contribution in [0.4, 0.5) is 0 Å². The van der Waals surface area contributed by atoms with Gasteiger partial charge >= 0.3 is 110 Å². The van der Waals surface area contributed by atoms with Crippen molar-refractivity contribution in [1.82, 2.24) is 0 Å². The predicted molar refractivity (Wildman–Crippen MR) is 49.7 cm³/mol. The van der Waals surface area contributed by atoms with Gasteiger partial charge < -0.3 is 0 Å². The summed E-state index contributed by atoms with van der Waals surface area (Å²) in [7, 11) is 0. The van der Waals surface area contributed by atoms with Crippen LogP contribution in [0.2, 0.25) is 0 Å². The molecule has 0 nitrogen and oxygen atoms in total. The first-order valence-corrected chi connectivity index (χ1v) is 0. The molecule has 0 aliphatic rings. The summed E-state index contributed by atoms with van der Waals surface area (Å²) in [5.41, 5.74) is 0. The van der Waals surface area contributed by atoms with Gasteiger partial charge in [-0.3, -0.25) is 0 Å². The van der Waals surface area contributed by atoms with E-state index in [0.717, 1.165) is 0 Å². The van der Waals surface area contributed by atoms with E-state index < -0.39 is 0 Å². The first kappa shape index (κ1) is 56.6. The van der Waals surface area contributed by atoms with Crippen LogP contribution in [-0.2, 0) is 22.4 Å². The molecule has 6 heteroatoms. The molecule has 40 valence electrons. The molecule has 0 aliphatic carbocycles. The van der Waals surface area contributed by atoms with E-state index in [-0.39, 0.29) is 110 Å². The van der Waals surface area contributed by atoms with Crippen molar-refractivity contribution in [3.63, 3.8) is 0 Å². The summed E-state index contributed by atoms with van der Waals surface area (Å²) in [6.07, 6.45) is 0. The molecule has 0 spiro atoms. The van der Waals surface area contributed by atoms with Gasteiger partial charge in [0.15, 0.2) is 0 Å². The van der Waals surface area contributed by atoms with Gasteiger partial charge in [0.05, 0.1) is 0 Å². The van der Waals surface area contributed by atoms with Gasteiger partial charge in [-0.1, -0.05) is 0 Å². The number of rotatable bonds is 0. The van der Waals surface area contributed by atoms with E-state index in [4.69, 9.17) is 0 Å². The zero-order chi connectivity index (χ0) is 0. The van der Waals surface area contributed by atoms with Crippen LogP contribution in [0.5, 0.6) is 0 Å². The third-order valence-corrected chi connectivity index (χ3v) is 0. The Morgan fingerprint density at radius 2 is 0.333 bits per heavy atom. The minimum atomic E-state index is 0. The van der Waals surface area contributed by atoms with Crippen molar-refractivity contribution in [2.75, 3.05) is 0 Å². The summed E-state index contributed by atoms with van der Waals surface area (Å²) in [6.45, 7) is 0. The normalized spacial score (nSPS) is 0. The Morgan fingerprint density at radius 3 is 0.333 bits per heavy atom. The summed E-state index contributed by atoms with van der Waals surface area (Å²) in [4.78, 5) is 0. The van der Waals surface area contributed by atoms with Gasteiger partial charge in [-0.15, -0.1) is 0 Å². The maximum absolute atomic E-state index is 0. The molecule has 0 fully saturated rings. The Bertz CT molecular complexity index is 3.90. The van der Waals surface area contributed by atoms with Gasteiger partial charge in [-0.05, 0) is 0 Å². The molecule has 0 aromatic carbocycles. The summed E-state index contributed by atoms with van der Waals surface area (Å²) in [5, 5.41) is 0. The molecule has 0 radical (unpaired) electrons. The summed E-state index contributed by atoms with van der Waals surface area (Å²) < 4.78 is 0. The third kappa shape index (κ3) is 26.0. The molecule has 0 saturated carbocycles. The summed E-state index contributed by atoms with van der Waals surface area (Å²) in [6, 6.07) is 0. The predicted octanol–water partition coefficient (Wildman–Crippen LogP) is -5.92. The second kappa shape index (κ2) is 39.4. The van der Waals surface area contributed by atoms with E-state index in [1.165, 1.54) is 0 Å². The second-order valence-corrected chi connectivity index (χ2v) is 0. The number of hydrogen-bond acceptors (Lipinski definition) is 0. The molecule has 0 saturated heterocycles. The fourth-order valence-corrected chi connectivity index (χ4v) is 0. The average Bonchev–Trinajstić information content (AvgIpc) is 0. The van der Waals surface area contributed by atoms with Gasteiger partial charge in [0.2, 0.25) is 0 Å². The van der Waals surface area contributed by atoms with Gasteiger partial charge in [-0.25, -0.2) is 0 Å². The molecule has 0 atom stereocenters. The zero-order valence-electron chi connectivity index (χ0n) is 5.45. The van der Waals surface area contributed by atoms with Gasteiger partial charge in [0.1, 0.15) is 0 Å². The van der Waals surface area contributed by atoms with Crippen molar-refractivity contribution in [3.8, 4) is 0 Å². The fraction of sp³-hybridized carbons (Fsp3) is 0. The Morgan fingerprint density at radius 1 is 0.333 bits per heavy atom. The van der Waals surface area contributed by atoms with E-state index in [9.17, 15) is 0 Å². The van der Waals surface area contributed by atoms with Crippen LogP contribution >= 0.6 is 0 Å². The van der Waals surface area contributed by atoms with E-state index in [1.54, 1.807) is 0 Å². The van der Waals surface area contributed by atoms with E-state index in [2.05, 4.69) is 0 Å².